The monoisotopic (exact) mass is 416 g/mol. The minimum Gasteiger partial charge on any atom is -0.298 e. The summed E-state index contributed by atoms with van der Waals surface area (Å²) in [5.74, 6) is -0.345. The lowest BCUT2D eigenvalue weighted by Crippen LogP contribution is -2.30. The van der Waals surface area contributed by atoms with Crippen molar-refractivity contribution in [2.24, 2.45) is 0 Å². The summed E-state index contributed by atoms with van der Waals surface area (Å²) in [6.07, 6.45) is 3.36. The van der Waals surface area contributed by atoms with Crippen molar-refractivity contribution in [1.29, 1.82) is 0 Å². The zero-order valence-corrected chi connectivity index (χ0v) is 17.1. The van der Waals surface area contributed by atoms with Crippen molar-refractivity contribution in [3.8, 4) is 11.3 Å². The van der Waals surface area contributed by atoms with Gasteiger partial charge in [-0.05, 0) is 36.4 Å². The second-order valence-corrected chi connectivity index (χ2v) is 8.64. The number of hydrogen-bond acceptors (Lipinski definition) is 6. The van der Waals surface area contributed by atoms with Crippen LogP contribution in [0.2, 0.25) is 0 Å². The molecule has 28 heavy (non-hydrogen) atoms. The number of hydrogen-bond donors (Lipinski definition) is 1. The molecule has 0 fully saturated rings. The highest BCUT2D eigenvalue weighted by Crippen LogP contribution is 2.25. The highest BCUT2D eigenvalue weighted by atomic mass is 32.2. The summed E-state index contributed by atoms with van der Waals surface area (Å²) in [5.41, 5.74) is 2.03. The van der Waals surface area contributed by atoms with E-state index >= 15 is 0 Å². The Kier molecular flexibility index (Phi) is 6.18. The molecule has 3 aromatic rings. The average Bonchev–Trinajstić information content (AvgIpc) is 3.18. The molecule has 2 heterocycles. The van der Waals surface area contributed by atoms with E-state index in [0.717, 1.165) is 11.3 Å². The molecule has 9 heteroatoms. The Morgan fingerprint density at radius 1 is 1.07 bits per heavy atom. The molecule has 1 aromatic carbocycles. The van der Waals surface area contributed by atoms with Crippen LogP contribution in [-0.2, 0) is 10.0 Å². The number of aromatic nitrogens is 2. The lowest BCUT2D eigenvalue weighted by atomic mass is 10.2. The lowest BCUT2D eigenvalue weighted by Gasteiger charge is -2.18. The van der Waals surface area contributed by atoms with Crippen LogP contribution in [0.4, 0.5) is 5.13 Å². The molecule has 0 aliphatic carbocycles. The van der Waals surface area contributed by atoms with E-state index in [4.69, 9.17) is 0 Å². The SMILES string of the molecule is CCN(CC)S(=O)(=O)c1ccc(C(=O)Nc2nc(-c3ccncc3)cs2)cc1. The van der Waals surface area contributed by atoms with Crippen molar-refractivity contribution in [3.05, 3.63) is 59.7 Å². The van der Waals surface area contributed by atoms with Gasteiger partial charge in [0.05, 0.1) is 10.6 Å². The van der Waals surface area contributed by atoms with Crippen LogP contribution in [0.3, 0.4) is 0 Å². The zero-order chi connectivity index (χ0) is 20.1. The fraction of sp³-hybridized carbons (Fsp3) is 0.211. The van der Waals surface area contributed by atoms with Gasteiger partial charge >= 0.3 is 0 Å². The first-order chi connectivity index (χ1) is 13.5. The number of sulfonamides is 1. The number of nitrogens with one attached hydrogen (secondary N) is 1. The Balaban J connectivity index is 1.73. The van der Waals surface area contributed by atoms with E-state index in [1.807, 2.05) is 17.5 Å². The maximum atomic E-state index is 12.5. The van der Waals surface area contributed by atoms with Gasteiger partial charge in [0.2, 0.25) is 10.0 Å². The third-order valence-corrected chi connectivity index (χ3v) is 6.98. The van der Waals surface area contributed by atoms with Crippen LogP contribution in [-0.4, -0.2) is 41.7 Å². The topological polar surface area (TPSA) is 92.3 Å². The zero-order valence-electron chi connectivity index (χ0n) is 15.5. The van der Waals surface area contributed by atoms with E-state index in [0.29, 0.717) is 23.8 Å². The second-order valence-electron chi connectivity index (χ2n) is 5.84. The fourth-order valence-electron chi connectivity index (χ4n) is 2.65. The van der Waals surface area contributed by atoms with Crippen LogP contribution in [0.5, 0.6) is 0 Å². The minimum absolute atomic E-state index is 0.168. The maximum absolute atomic E-state index is 12.5. The van der Waals surface area contributed by atoms with Crippen molar-refractivity contribution >= 4 is 32.4 Å². The molecule has 0 aliphatic heterocycles. The van der Waals surface area contributed by atoms with Crippen molar-refractivity contribution in [2.45, 2.75) is 18.7 Å². The first-order valence-electron chi connectivity index (χ1n) is 8.73. The maximum Gasteiger partial charge on any atom is 0.257 e. The molecule has 0 aliphatic rings. The summed E-state index contributed by atoms with van der Waals surface area (Å²) in [4.78, 5) is 21.0. The number of nitrogens with zero attached hydrogens (tertiary/aromatic N) is 3. The molecule has 0 bridgehead atoms. The average molecular weight is 417 g/mol. The van der Waals surface area contributed by atoms with E-state index in [-0.39, 0.29) is 10.8 Å². The standard InChI is InChI=1S/C19H20N4O3S2/c1-3-23(4-2)28(25,26)16-7-5-15(6-8-16)18(24)22-19-21-17(13-27-19)14-9-11-20-12-10-14/h5-13H,3-4H2,1-2H3,(H,21,22,24). The van der Waals surface area contributed by atoms with E-state index in [2.05, 4.69) is 15.3 Å². The summed E-state index contributed by atoms with van der Waals surface area (Å²) in [6, 6.07) is 9.59. The summed E-state index contributed by atoms with van der Waals surface area (Å²) in [7, 11) is -3.54. The predicted octanol–water partition coefficient (Wildman–Crippen LogP) is 3.49. The van der Waals surface area contributed by atoms with Crippen molar-refractivity contribution in [2.75, 3.05) is 18.4 Å². The molecule has 0 atom stereocenters. The van der Waals surface area contributed by atoms with Crippen LogP contribution in [0.1, 0.15) is 24.2 Å². The highest BCUT2D eigenvalue weighted by Gasteiger charge is 2.21. The number of carbonyl (C=O) groups is 1. The molecule has 0 saturated carbocycles. The Bertz CT molecular complexity index is 1040. The summed E-state index contributed by atoms with van der Waals surface area (Å²) >= 11 is 1.32. The Morgan fingerprint density at radius 2 is 1.71 bits per heavy atom. The van der Waals surface area contributed by atoms with Crippen LogP contribution >= 0.6 is 11.3 Å². The van der Waals surface area contributed by atoms with Crippen molar-refractivity contribution < 1.29 is 13.2 Å². The van der Waals surface area contributed by atoms with Crippen molar-refractivity contribution in [1.82, 2.24) is 14.3 Å². The molecule has 0 unspecified atom stereocenters. The molecular weight excluding hydrogens is 396 g/mol. The van der Waals surface area contributed by atoms with Gasteiger partial charge in [-0.25, -0.2) is 13.4 Å². The minimum atomic E-state index is -3.54. The quantitative estimate of drug-likeness (QED) is 0.636. The number of thiazole rings is 1. The predicted molar refractivity (Wildman–Crippen MR) is 110 cm³/mol. The van der Waals surface area contributed by atoms with Gasteiger partial charge in [0.25, 0.3) is 5.91 Å². The Labute approximate surface area is 168 Å². The number of rotatable bonds is 7. The van der Waals surface area contributed by atoms with Crippen molar-refractivity contribution in [3.63, 3.8) is 0 Å². The lowest BCUT2D eigenvalue weighted by molar-refractivity contribution is 0.102. The normalized spacial score (nSPS) is 11.5. The summed E-state index contributed by atoms with van der Waals surface area (Å²) in [6.45, 7) is 4.37. The third-order valence-electron chi connectivity index (χ3n) is 4.16. The molecule has 0 saturated heterocycles. The van der Waals surface area contributed by atoms with Gasteiger partial charge in [-0.2, -0.15) is 4.31 Å². The van der Waals surface area contributed by atoms with E-state index in [9.17, 15) is 13.2 Å². The highest BCUT2D eigenvalue weighted by molar-refractivity contribution is 7.89. The molecule has 3 rings (SSSR count). The first-order valence-corrected chi connectivity index (χ1v) is 11.0. The fourth-order valence-corrected chi connectivity index (χ4v) is 4.82. The molecule has 0 spiro atoms. The van der Waals surface area contributed by atoms with E-state index in [1.165, 1.54) is 39.9 Å². The molecule has 146 valence electrons. The number of amides is 1. The van der Waals surface area contributed by atoms with Crippen LogP contribution in [0.15, 0.2) is 59.1 Å². The van der Waals surface area contributed by atoms with Gasteiger partial charge in [-0.1, -0.05) is 13.8 Å². The summed E-state index contributed by atoms with van der Waals surface area (Å²) in [5, 5.41) is 5.07. The molecule has 7 nitrogen and oxygen atoms in total. The molecular formula is C19H20N4O3S2. The number of anilines is 1. The van der Waals surface area contributed by atoms with Crippen LogP contribution < -0.4 is 5.32 Å². The van der Waals surface area contributed by atoms with Crippen LogP contribution in [0, 0.1) is 0 Å². The van der Waals surface area contributed by atoms with Crippen LogP contribution in [0.25, 0.3) is 11.3 Å². The Morgan fingerprint density at radius 3 is 2.32 bits per heavy atom. The molecule has 2 aromatic heterocycles. The third kappa shape index (κ3) is 4.27. The number of carbonyl (C=O) groups excluding carboxylic acids is 1. The van der Waals surface area contributed by atoms with Gasteiger partial charge in [0, 0.05) is 42.0 Å². The van der Waals surface area contributed by atoms with Gasteiger partial charge in [0.15, 0.2) is 5.13 Å². The smallest absolute Gasteiger partial charge is 0.257 e. The molecule has 1 N–H and O–H groups in total. The molecule has 0 radical (unpaired) electrons. The van der Waals surface area contributed by atoms with E-state index in [1.54, 1.807) is 26.2 Å². The van der Waals surface area contributed by atoms with Gasteiger partial charge in [-0.3, -0.25) is 15.1 Å². The largest absolute Gasteiger partial charge is 0.298 e. The van der Waals surface area contributed by atoms with Gasteiger partial charge in [0.1, 0.15) is 0 Å². The van der Waals surface area contributed by atoms with E-state index < -0.39 is 10.0 Å². The Hall–Kier alpha value is -2.62. The first kappa shape index (κ1) is 20.1. The van der Waals surface area contributed by atoms with Gasteiger partial charge in [-0.15, -0.1) is 11.3 Å². The number of pyridine rings is 1. The molecule has 1 amide bonds. The van der Waals surface area contributed by atoms with Gasteiger partial charge < -0.3 is 0 Å². The second kappa shape index (κ2) is 8.59. The summed E-state index contributed by atoms with van der Waals surface area (Å²) < 4.78 is 26.4. The number of benzene rings is 1.